The fourth-order valence-electron chi connectivity index (χ4n) is 1.97. The number of thiocarbonyl (C=S) groups is 1. The molecule has 0 radical (unpaired) electrons. The minimum Gasteiger partial charge on any atom is -0.361 e. The van der Waals surface area contributed by atoms with Crippen LogP contribution in [0.1, 0.15) is 50.0 Å². The highest BCUT2D eigenvalue weighted by molar-refractivity contribution is 7.80. The lowest BCUT2D eigenvalue weighted by Gasteiger charge is -2.12. The van der Waals surface area contributed by atoms with Crippen LogP contribution in [0.4, 0.5) is 0 Å². The Hall–Kier alpha value is -1.62. The van der Waals surface area contributed by atoms with Gasteiger partial charge in [0.2, 0.25) is 0 Å². The minimum absolute atomic E-state index is 0.191. The molecule has 1 aromatic rings. The van der Waals surface area contributed by atoms with Crippen LogP contribution in [0.15, 0.2) is 24.3 Å². The van der Waals surface area contributed by atoms with E-state index in [0.29, 0.717) is 22.5 Å². The van der Waals surface area contributed by atoms with E-state index in [4.69, 9.17) is 12.2 Å². The number of carbonyl (C=O) groups excluding carboxylic acids is 1. The normalized spacial score (nSPS) is 10.6. The van der Waals surface area contributed by atoms with Gasteiger partial charge in [-0.25, -0.2) is 0 Å². The highest BCUT2D eigenvalue weighted by Gasteiger charge is 2.06. The highest BCUT2D eigenvalue weighted by Crippen LogP contribution is 2.09. The van der Waals surface area contributed by atoms with E-state index < -0.39 is 0 Å². The Balaban J connectivity index is 2.37. The molecule has 0 fully saturated rings. The van der Waals surface area contributed by atoms with Crippen molar-refractivity contribution in [3.63, 3.8) is 0 Å². The molecule has 0 atom stereocenters. The summed E-state index contributed by atoms with van der Waals surface area (Å²) < 4.78 is 0. The van der Waals surface area contributed by atoms with Crippen molar-refractivity contribution in [1.29, 1.82) is 0 Å². The van der Waals surface area contributed by atoms with E-state index >= 15 is 0 Å². The molecule has 0 unspecified atom stereocenters. The molecule has 122 valence electrons. The summed E-state index contributed by atoms with van der Waals surface area (Å²) in [7, 11) is 0. The predicted molar refractivity (Wildman–Crippen MR) is 95.6 cm³/mol. The first-order valence-electron chi connectivity index (χ1n) is 7.81. The molecule has 0 aliphatic heterocycles. The van der Waals surface area contributed by atoms with Gasteiger partial charge in [-0.1, -0.05) is 39.8 Å². The number of hydrogen-bond acceptors (Lipinski definition) is 2. The van der Waals surface area contributed by atoms with Crippen LogP contribution in [0.5, 0.6) is 0 Å². The summed E-state index contributed by atoms with van der Waals surface area (Å²) in [6.45, 7) is 9.46. The van der Waals surface area contributed by atoms with E-state index in [-0.39, 0.29) is 5.91 Å². The van der Waals surface area contributed by atoms with E-state index in [0.717, 1.165) is 19.4 Å². The molecule has 5 heteroatoms. The van der Waals surface area contributed by atoms with E-state index in [2.05, 4.69) is 43.9 Å². The van der Waals surface area contributed by atoms with Gasteiger partial charge in [0.15, 0.2) is 5.11 Å². The standard InChI is InChI=1S/C17H27N3OS/c1-12(2)9-10-18-17(22)20-19-16(21)15-7-5-14(6-8-15)11-13(3)4/h5-8,12-13H,9-11H2,1-4H3,(H,19,21)(H2,18,20,22). The molecule has 1 aromatic carbocycles. The van der Waals surface area contributed by atoms with Crippen LogP contribution in [0.3, 0.4) is 0 Å². The first kappa shape index (κ1) is 18.4. The SMILES string of the molecule is CC(C)CCNC(=S)NNC(=O)c1ccc(CC(C)C)cc1. The monoisotopic (exact) mass is 321 g/mol. The molecule has 0 spiro atoms. The maximum absolute atomic E-state index is 12.0. The summed E-state index contributed by atoms with van der Waals surface area (Å²) in [6, 6.07) is 7.66. The van der Waals surface area contributed by atoms with Gasteiger partial charge in [-0.15, -0.1) is 0 Å². The van der Waals surface area contributed by atoms with Crippen LogP contribution in [0.25, 0.3) is 0 Å². The number of rotatable bonds is 6. The van der Waals surface area contributed by atoms with Crippen molar-refractivity contribution in [2.24, 2.45) is 11.8 Å². The van der Waals surface area contributed by atoms with Crippen molar-refractivity contribution >= 4 is 23.2 Å². The van der Waals surface area contributed by atoms with Gasteiger partial charge in [0.1, 0.15) is 0 Å². The molecule has 0 heterocycles. The zero-order valence-electron chi connectivity index (χ0n) is 13.9. The van der Waals surface area contributed by atoms with Crippen molar-refractivity contribution in [2.75, 3.05) is 6.54 Å². The third-order valence-corrected chi connectivity index (χ3v) is 3.40. The van der Waals surface area contributed by atoms with E-state index in [1.54, 1.807) is 0 Å². The van der Waals surface area contributed by atoms with Gasteiger partial charge in [-0.05, 0) is 54.6 Å². The molecule has 0 bridgehead atoms. The molecule has 0 aliphatic carbocycles. The predicted octanol–water partition coefficient (Wildman–Crippen LogP) is 3.04. The molecule has 0 aromatic heterocycles. The topological polar surface area (TPSA) is 53.2 Å². The maximum atomic E-state index is 12.0. The van der Waals surface area contributed by atoms with E-state index in [1.807, 2.05) is 24.3 Å². The summed E-state index contributed by atoms with van der Waals surface area (Å²) in [4.78, 5) is 12.0. The number of carbonyl (C=O) groups is 1. The molecular weight excluding hydrogens is 294 g/mol. The average molecular weight is 321 g/mol. The first-order chi connectivity index (χ1) is 10.4. The Bertz CT molecular complexity index is 483. The second kappa shape index (κ2) is 9.41. The second-order valence-electron chi connectivity index (χ2n) is 6.31. The zero-order chi connectivity index (χ0) is 16.5. The lowest BCUT2D eigenvalue weighted by molar-refractivity contribution is 0.0943. The molecule has 1 amide bonds. The fraction of sp³-hybridized carbons (Fsp3) is 0.529. The first-order valence-corrected chi connectivity index (χ1v) is 8.22. The van der Waals surface area contributed by atoms with Crippen molar-refractivity contribution < 1.29 is 4.79 Å². The van der Waals surface area contributed by atoms with Crippen LogP contribution in [0, 0.1) is 11.8 Å². The van der Waals surface area contributed by atoms with Crippen molar-refractivity contribution in [2.45, 2.75) is 40.5 Å². The summed E-state index contributed by atoms with van der Waals surface area (Å²) in [5.41, 5.74) is 7.18. The number of hydrazine groups is 1. The van der Waals surface area contributed by atoms with E-state index in [9.17, 15) is 4.79 Å². The van der Waals surface area contributed by atoms with Crippen LogP contribution in [-0.4, -0.2) is 17.6 Å². The van der Waals surface area contributed by atoms with E-state index in [1.165, 1.54) is 5.56 Å². The molecule has 0 saturated carbocycles. The summed E-state index contributed by atoms with van der Waals surface area (Å²) in [6.07, 6.45) is 2.05. The van der Waals surface area contributed by atoms with Crippen molar-refractivity contribution in [3.8, 4) is 0 Å². The number of benzene rings is 1. The largest absolute Gasteiger partial charge is 0.361 e. The Kier molecular flexibility index (Phi) is 7.88. The van der Waals surface area contributed by atoms with Gasteiger partial charge >= 0.3 is 0 Å². The van der Waals surface area contributed by atoms with Gasteiger partial charge in [0.05, 0.1) is 0 Å². The molecule has 3 N–H and O–H groups in total. The Morgan fingerprint density at radius 3 is 2.23 bits per heavy atom. The molecule has 0 aliphatic rings. The molecule has 1 rings (SSSR count). The van der Waals surface area contributed by atoms with Crippen LogP contribution >= 0.6 is 12.2 Å². The summed E-state index contributed by atoms with van der Waals surface area (Å²) >= 11 is 5.11. The molecule has 4 nitrogen and oxygen atoms in total. The average Bonchev–Trinajstić information content (AvgIpc) is 2.44. The lowest BCUT2D eigenvalue weighted by atomic mass is 10.0. The molecular formula is C17H27N3OS. The summed E-state index contributed by atoms with van der Waals surface area (Å²) in [5, 5.41) is 3.49. The molecule has 0 saturated heterocycles. The number of nitrogens with one attached hydrogen (secondary N) is 3. The van der Waals surface area contributed by atoms with Gasteiger partial charge in [0, 0.05) is 12.1 Å². The van der Waals surface area contributed by atoms with Crippen LogP contribution in [-0.2, 0) is 6.42 Å². The maximum Gasteiger partial charge on any atom is 0.269 e. The van der Waals surface area contributed by atoms with Gasteiger partial charge in [-0.2, -0.15) is 0 Å². The smallest absolute Gasteiger partial charge is 0.269 e. The Labute approximate surface area is 139 Å². The van der Waals surface area contributed by atoms with Crippen LogP contribution in [0.2, 0.25) is 0 Å². The Morgan fingerprint density at radius 2 is 1.68 bits per heavy atom. The lowest BCUT2D eigenvalue weighted by Crippen LogP contribution is -2.47. The van der Waals surface area contributed by atoms with Crippen LogP contribution < -0.4 is 16.2 Å². The zero-order valence-corrected chi connectivity index (χ0v) is 14.7. The Morgan fingerprint density at radius 1 is 1.05 bits per heavy atom. The highest BCUT2D eigenvalue weighted by atomic mass is 32.1. The van der Waals surface area contributed by atoms with Gasteiger partial charge < -0.3 is 5.32 Å². The number of amides is 1. The quantitative estimate of drug-likeness (QED) is 0.557. The van der Waals surface area contributed by atoms with Gasteiger partial charge in [-0.3, -0.25) is 15.6 Å². The number of hydrogen-bond donors (Lipinski definition) is 3. The molecule has 22 heavy (non-hydrogen) atoms. The third kappa shape index (κ3) is 7.41. The van der Waals surface area contributed by atoms with Gasteiger partial charge in [0.25, 0.3) is 5.91 Å². The minimum atomic E-state index is -0.191. The second-order valence-corrected chi connectivity index (χ2v) is 6.72. The fourth-order valence-corrected chi connectivity index (χ4v) is 2.12. The van der Waals surface area contributed by atoms with Crippen molar-refractivity contribution in [1.82, 2.24) is 16.2 Å². The van der Waals surface area contributed by atoms with Crippen molar-refractivity contribution in [3.05, 3.63) is 35.4 Å². The third-order valence-electron chi connectivity index (χ3n) is 3.16. The summed E-state index contributed by atoms with van der Waals surface area (Å²) in [5.74, 6) is 1.04.